The van der Waals surface area contributed by atoms with Gasteiger partial charge in [-0.25, -0.2) is 8.78 Å². The third-order valence-electron chi connectivity index (χ3n) is 3.02. The monoisotopic (exact) mass is 376 g/mol. The topological polar surface area (TPSA) is 18.5 Å². The molecule has 0 spiro atoms. The molecule has 0 saturated carbocycles. The Hall–Kier alpha value is -1.33. The van der Waals surface area contributed by atoms with E-state index in [2.05, 4.69) is 15.9 Å². The number of halogens is 4. The maximum Gasteiger partial charge on any atom is 0.145 e. The van der Waals surface area contributed by atoms with Crippen LogP contribution in [0.1, 0.15) is 16.0 Å². The van der Waals surface area contributed by atoms with E-state index < -0.39 is 16.5 Å². The Kier molecular flexibility index (Phi) is 5.06. The minimum atomic E-state index is -0.647. The Morgan fingerprint density at radius 2 is 1.71 bits per heavy atom. The molecule has 0 fully saturated rings. The summed E-state index contributed by atoms with van der Waals surface area (Å²) in [4.78, 5) is -0.531. The summed E-state index contributed by atoms with van der Waals surface area (Å²) in [6, 6.07) is 6.79. The molecule has 2 rings (SSSR count). The third kappa shape index (κ3) is 3.14. The van der Waals surface area contributed by atoms with E-state index in [4.69, 9.17) is 21.1 Å². The lowest BCUT2D eigenvalue weighted by molar-refractivity contribution is 0.392. The van der Waals surface area contributed by atoms with Crippen molar-refractivity contribution in [2.45, 2.75) is 4.83 Å². The van der Waals surface area contributed by atoms with Crippen molar-refractivity contribution in [3.63, 3.8) is 0 Å². The van der Waals surface area contributed by atoms with Gasteiger partial charge in [0.15, 0.2) is 0 Å². The predicted octanol–water partition coefficient (Wildman–Crippen LogP) is 5.12. The van der Waals surface area contributed by atoms with Crippen molar-refractivity contribution in [2.24, 2.45) is 0 Å². The van der Waals surface area contributed by atoms with E-state index in [0.29, 0.717) is 22.1 Å². The molecular weight excluding hydrogens is 366 g/mol. The van der Waals surface area contributed by atoms with Crippen LogP contribution in [0.25, 0.3) is 0 Å². The number of alkyl halides is 1. The van der Waals surface area contributed by atoms with Gasteiger partial charge in [-0.3, -0.25) is 0 Å². The molecule has 21 heavy (non-hydrogen) atoms. The van der Waals surface area contributed by atoms with Crippen LogP contribution in [-0.4, -0.2) is 14.2 Å². The molecule has 112 valence electrons. The zero-order chi connectivity index (χ0) is 15.6. The summed E-state index contributed by atoms with van der Waals surface area (Å²) in [6.07, 6.45) is 0. The first kappa shape index (κ1) is 16.0. The summed E-state index contributed by atoms with van der Waals surface area (Å²) in [5, 5.41) is 0.296. The lowest BCUT2D eigenvalue weighted by Gasteiger charge is -2.18. The van der Waals surface area contributed by atoms with Crippen molar-refractivity contribution >= 4 is 27.5 Å². The van der Waals surface area contributed by atoms with Gasteiger partial charge in [0.1, 0.15) is 28.2 Å². The third-order valence-corrected chi connectivity index (χ3v) is 4.37. The molecule has 0 amide bonds. The second kappa shape index (κ2) is 6.62. The second-order valence-electron chi connectivity index (χ2n) is 4.23. The Bertz CT molecular complexity index is 664. The van der Waals surface area contributed by atoms with Gasteiger partial charge in [0, 0.05) is 17.2 Å². The number of rotatable bonds is 4. The SMILES string of the molecule is COc1ccc(C(Br)c2ccc(F)cc2F)c(OC)c1Cl. The Balaban J connectivity index is 2.52. The fraction of sp³-hybridized carbons (Fsp3) is 0.200. The van der Waals surface area contributed by atoms with E-state index in [1.165, 1.54) is 26.4 Å². The molecule has 2 nitrogen and oxygen atoms in total. The van der Waals surface area contributed by atoms with Gasteiger partial charge in [0.25, 0.3) is 0 Å². The maximum atomic E-state index is 13.9. The van der Waals surface area contributed by atoms with E-state index >= 15 is 0 Å². The van der Waals surface area contributed by atoms with Crippen LogP contribution >= 0.6 is 27.5 Å². The van der Waals surface area contributed by atoms with Crippen LogP contribution in [0.4, 0.5) is 8.78 Å². The largest absolute Gasteiger partial charge is 0.495 e. The fourth-order valence-electron chi connectivity index (χ4n) is 1.99. The Morgan fingerprint density at radius 3 is 2.29 bits per heavy atom. The van der Waals surface area contributed by atoms with Gasteiger partial charge in [0.2, 0.25) is 0 Å². The molecule has 0 bridgehead atoms. The molecule has 0 heterocycles. The van der Waals surface area contributed by atoms with Gasteiger partial charge in [-0.05, 0) is 12.1 Å². The van der Waals surface area contributed by atoms with Crippen LogP contribution in [0.3, 0.4) is 0 Å². The van der Waals surface area contributed by atoms with Gasteiger partial charge in [-0.2, -0.15) is 0 Å². The minimum absolute atomic E-state index is 0.288. The van der Waals surface area contributed by atoms with Crippen LogP contribution in [0.15, 0.2) is 30.3 Å². The van der Waals surface area contributed by atoms with E-state index in [1.54, 1.807) is 12.1 Å². The fourth-order valence-corrected chi connectivity index (χ4v) is 3.05. The standard InChI is InChI=1S/C15H12BrClF2O2/c1-20-12-6-5-10(15(21-2)14(12)17)13(16)9-4-3-8(18)7-11(9)19/h3-7,13H,1-2H3. The Labute approximate surface area is 134 Å². The second-order valence-corrected chi connectivity index (χ2v) is 5.53. The average molecular weight is 378 g/mol. The van der Waals surface area contributed by atoms with Crippen LogP contribution in [0.5, 0.6) is 11.5 Å². The van der Waals surface area contributed by atoms with E-state index in [1.807, 2.05) is 0 Å². The number of benzene rings is 2. The van der Waals surface area contributed by atoms with Crippen molar-refractivity contribution in [3.8, 4) is 11.5 Å². The molecule has 6 heteroatoms. The van der Waals surface area contributed by atoms with Gasteiger partial charge in [-0.15, -0.1) is 0 Å². The van der Waals surface area contributed by atoms with Crippen molar-refractivity contribution < 1.29 is 18.3 Å². The van der Waals surface area contributed by atoms with Crippen LogP contribution in [-0.2, 0) is 0 Å². The summed E-state index contributed by atoms with van der Waals surface area (Å²) in [6.45, 7) is 0. The minimum Gasteiger partial charge on any atom is -0.495 e. The molecule has 0 saturated heterocycles. The molecule has 1 unspecified atom stereocenters. The highest BCUT2D eigenvalue weighted by molar-refractivity contribution is 9.09. The number of methoxy groups -OCH3 is 2. The number of ether oxygens (including phenoxy) is 2. The molecular formula is C15H12BrClF2O2. The Morgan fingerprint density at radius 1 is 1.05 bits per heavy atom. The highest BCUT2D eigenvalue weighted by Gasteiger charge is 2.22. The summed E-state index contributed by atoms with van der Waals surface area (Å²) in [5.41, 5.74) is 0.907. The van der Waals surface area contributed by atoms with Gasteiger partial charge >= 0.3 is 0 Å². The number of hydrogen-bond acceptors (Lipinski definition) is 2. The molecule has 0 radical (unpaired) electrons. The predicted molar refractivity (Wildman–Crippen MR) is 81.7 cm³/mol. The molecule has 1 atom stereocenters. The molecule has 0 aliphatic heterocycles. The first-order valence-electron chi connectivity index (χ1n) is 5.99. The van der Waals surface area contributed by atoms with E-state index in [9.17, 15) is 8.78 Å². The summed E-state index contributed by atoms with van der Waals surface area (Å²) >= 11 is 9.59. The average Bonchev–Trinajstić information content (AvgIpc) is 2.46. The summed E-state index contributed by atoms with van der Waals surface area (Å²) in [5.74, 6) is -0.445. The maximum absolute atomic E-state index is 13.9. The molecule has 2 aromatic rings. The van der Waals surface area contributed by atoms with Crippen LogP contribution in [0, 0.1) is 11.6 Å². The van der Waals surface area contributed by atoms with Gasteiger partial charge in [0.05, 0.1) is 19.0 Å². The van der Waals surface area contributed by atoms with Gasteiger partial charge < -0.3 is 9.47 Å². The van der Waals surface area contributed by atoms with Crippen molar-refractivity contribution in [2.75, 3.05) is 14.2 Å². The first-order valence-corrected chi connectivity index (χ1v) is 7.28. The zero-order valence-electron chi connectivity index (χ0n) is 11.3. The lowest BCUT2D eigenvalue weighted by Crippen LogP contribution is -2.01. The van der Waals surface area contributed by atoms with Crippen LogP contribution < -0.4 is 9.47 Å². The van der Waals surface area contributed by atoms with E-state index in [-0.39, 0.29) is 5.56 Å². The summed E-state index contributed by atoms with van der Waals surface area (Å²) < 4.78 is 37.3. The lowest BCUT2D eigenvalue weighted by atomic mass is 10.0. The first-order chi connectivity index (χ1) is 9.99. The molecule has 0 aliphatic carbocycles. The highest BCUT2D eigenvalue weighted by atomic mass is 79.9. The number of hydrogen-bond donors (Lipinski definition) is 0. The van der Waals surface area contributed by atoms with E-state index in [0.717, 1.165) is 6.07 Å². The highest BCUT2D eigenvalue weighted by Crippen LogP contribution is 2.44. The summed E-state index contributed by atoms with van der Waals surface area (Å²) in [7, 11) is 2.95. The van der Waals surface area contributed by atoms with Crippen molar-refractivity contribution in [3.05, 3.63) is 58.1 Å². The van der Waals surface area contributed by atoms with Crippen LogP contribution in [0.2, 0.25) is 5.02 Å². The normalized spacial score (nSPS) is 12.1. The molecule has 0 aliphatic rings. The quantitative estimate of drug-likeness (QED) is 0.689. The van der Waals surface area contributed by atoms with Crippen molar-refractivity contribution in [1.29, 1.82) is 0 Å². The zero-order valence-corrected chi connectivity index (χ0v) is 13.6. The smallest absolute Gasteiger partial charge is 0.145 e. The van der Waals surface area contributed by atoms with Gasteiger partial charge in [-0.1, -0.05) is 39.7 Å². The van der Waals surface area contributed by atoms with Crippen molar-refractivity contribution in [1.82, 2.24) is 0 Å². The molecule has 0 N–H and O–H groups in total. The molecule has 0 aromatic heterocycles. The molecule has 2 aromatic carbocycles.